The quantitative estimate of drug-likeness (QED) is 0.454. The molecule has 0 aromatic heterocycles. The largest absolute Gasteiger partial charge is 0.543 e. The van der Waals surface area contributed by atoms with Crippen molar-refractivity contribution in [2.75, 3.05) is 0 Å². The zero-order chi connectivity index (χ0) is 19.0. The zero-order valence-electron chi connectivity index (χ0n) is 17.1. The number of hydrogen-bond donors (Lipinski definition) is 0. The van der Waals surface area contributed by atoms with Gasteiger partial charge in [-0.05, 0) is 48.4 Å². The molecule has 5 heteroatoms. The normalized spacial score (nSPS) is 14.0. The summed E-state index contributed by atoms with van der Waals surface area (Å²) < 4.78 is 14.0. The van der Waals surface area contributed by atoms with Crippen molar-refractivity contribution < 1.29 is 8.85 Å². The van der Waals surface area contributed by atoms with Crippen molar-refractivity contribution in [2.45, 2.75) is 84.4 Å². The average molecular weight is 432 g/mol. The van der Waals surface area contributed by atoms with E-state index >= 15 is 0 Å². The van der Waals surface area contributed by atoms with Crippen LogP contribution in [0.5, 0.6) is 5.75 Å². The van der Waals surface area contributed by atoms with Crippen LogP contribution in [-0.4, -0.2) is 16.6 Å². The molecule has 1 aromatic carbocycles. The predicted molar refractivity (Wildman–Crippen MR) is 114 cm³/mol. The Labute approximate surface area is 159 Å². The van der Waals surface area contributed by atoms with Crippen LogP contribution in [0, 0.1) is 0 Å². The standard InChI is InChI=1S/C19H35BrO2Si2/c1-18(2,3)23(7,8)21-14-15-11-12-16(20)13-17(15)22-24(9,10)19(4,5)6/h11-13H,14H2,1-10H3. The maximum atomic E-state index is 6.57. The van der Waals surface area contributed by atoms with Crippen molar-refractivity contribution in [3.63, 3.8) is 0 Å². The Hall–Kier alpha value is -0.106. The summed E-state index contributed by atoms with van der Waals surface area (Å²) in [7, 11) is -3.65. The van der Waals surface area contributed by atoms with Crippen LogP contribution in [-0.2, 0) is 11.0 Å². The minimum Gasteiger partial charge on any atom is -0.543 e. The fourth-order valence-corrected chi connectivity index (χ4v) is 3.98. The number of benzene rings is 1. The monoisotopic (exact) mass is 430 g/mol. The van der Waals surface area contributed by atoms with E-state index in [9.17, 15) is 0 Å². The molecule has 1 rings (SSSR count). The van der Waals surface area contributed by atoms with Gasteiger partial charge in [-0.1, -0.05) is 63.5 Å². The topological polar surface area (TPSA) is 18.5 Å². The Kier molecular flexibility index (Phi) is 6.63. The molecule has 0 aliphatic heterocycles. The van der Waals surface area contributed by atoms with Gasteiger partial charge in [0.2, 0.25) is 8.32 Å². The molecule has 2 nitrogen and oxygen atoms in total. The lowest BCUT2D eigenvalue weighted by Gasteiger charge is -2.38. The van der Waals surface area contributed by atoms with Crippen molar-refractivity contribution >= 4 is 32.6 Å². The summed E-state index contributed by atoms with van der Waals surface area (Å²) in [6, 6.07) is 6.29. The second-order valence-corrected chi connectivity index (χ2v) is 20.1. The third kappa shape index (κ3) is 5.45. The molecule has 0 bridgehead atoms. The summed E-state index contributed by atoms with van der Waals surface area (Å²) in [4.78, 5) is 0. The van der Waals surface area contributed by atoms with Crippen LogP contribution >= 0.6 is 15.9 Å². The molecule has 0 amide bonds. The molecule has 0 spiro atoms. The Morgan fingerprint density at radius 3 is 1.83 bits per heavy atom. The van der Waals surface area contributed by atoms with E-state index in [2.05, 4.69) is 102 Å². The highest BCUT2D eigenvalue weighted by Gasteiger charge is 2.40. The molecule has 0 atom stereocenters. The van der Waals surface area contributed by atoms with E-state index in [0.717, 1.165) is 15.8 Å². The van der Waals surface area contributed by atoms with Crippen molar-refractivity contribution in [1.82, 2.24) is 0 Å². The van der Waals surface area contributed by atoms with E-state index in [-0.39, 0.29) is 10.1 Å². The lowest BCUT2D eigenvalue weighted by molar-refractivity contribution is 0.272. The Bertz CT molecular complexity index is 570. The summed E-state index contributed by atoms with van der Waals surface area (Å²) in [5.41, 5.74) is 1.15. The predicted octanol–water partition coefficient (Wildman–Crippen LogP) is 7.35. The molecule has 0 heterocycles. The lowest BCUT2D eigenvalue weighted by atomic mass is 10.2. The first-order valence-electron chi connectivity index (χ1n) is 8.68. The van der Waals surface area contributed by atoms with E-state index < -0.39 is 16.6 Å². The van der Waals surface area contributed by atoms with E-state index in [1.165, 1.54) is 0 Å². The third-order valence-corrected chi connectivity index (χ3v) is 14.9. The molecule has 138 valence electrons. The Morgan fingerprint density at radius 2 is 1.38 bits per heavy atom. The van der Waals surface area contributed by atoms with Gasteiger partial charge in [-0.15, -0.1) is 0 Å². The molecular formula is C19H35BrO2Si2. The van der Waals surface area contributed by atoms with Gasteiger partial charge in [-0.25, -0.2) is 0 Å². The minimum atomic E-state index is -1.88. The van der Waals surface area contributed by atoms with E-state index in [4.69, 9.17) is 8.85 Å². The zero-order valence-corrected chi connectivity index (χ0v) is 20.7. The van der Waals surface area contributed by atoms with Gasteiger partial charge in [0.25, 0.3) is 0 Å². The fourth-order valence-electron chi connectivity index (χ4n) is 1.65. The van der Waals surface area contributed by atoms with Gasteiger partial charge in [0.15, 0.2) is 8.32 Å². The first-order valence-corrected chi connectivity index (χ1v) is 15.3. The summed E-state index contributed by atoms with van der Waals surface area (Å²) in [6.07, 6.45) is 0. The van der Waals surface area contributed by atoms with Gasteiger partial charge in [0, 0.05) is 10.0 Å². The molecule has 0 aliphatic rings. The van der Waals surface area contributed by atoms with Crippen LogP contribution in [0.1, 0.15) is 47.1 Å². The first kappa shape index (κ1) is 21.9. The van der Waals surface area contributed by atoms with Crippen LogP contribution < -0.4 is 4.43 Å². The molecule has 0 radical (unpaired) electrons. The second kappa shape index (κ2) is 7.25. The minimum absolute atomic E-state index is 0.173. The highest BCUT2D eigenvalue weighted by atomic mass is 79.9. The highest BCUT2D eigenvalue weighted by Crippen LogP contribution is 2.40. The van der Waals surface area contributed by atoms with Gasteiger partial charge in [-0.2, -0.15) is 0 Å². The summed E-state index contributed by atoms with van der Waals surface area (Å²) in [5, 5.41) is 0.385. The van der Waals surface area contributed by atoms with Gasteiger partial charge in [0.1, 0.15) is 5.75 Å². The van der Waals surface area contributed by atoms with E-state index in [1.54, 1.807) is 0 Å². The van der Waals surface area contributed by atoms with E-state index in [0.29, 0.717) is 6.61 Å². The van der Waals surface area contributed by atoms with Crippen LogP contribution in [0.3, 0.4) is 0 Å². The summed E-state index contributed by atoms with van der Waals surface area (Å²) in [5.74, 6) is 0.967. The molecule has 0 saturated heterocycles. The van der Waals surface area contributed by atoms with Crippen LogP contribution in [0.15, 0.2) is 22.7 Å². The number of halogens is 1. The van der Waals surface area contributed by atoms with Crippen molar-refractivity contribution in [3.8, 4) is 5.75 Å². The van der Waals surface area contributed by atoms with Gasteiger partial charge >= 0.3 is 0 Å². The molecule has 0 fully saturated rings. The number of hydrogen-bond acceptors (Lipinski definition) is 2. The molecule has 0 N–H and O–H groups in total. The smallest absolute Gasteiger partial charge is 0.250 e. The molecule has 24 heavy (non-hydrogen) atoms. The number of rotatable bonds is 5. The highest BCUT2D eigenvalue weighted by molar-refractivity contribution is 9.10. The van der Waals surface area contributed by atoms with Gasteiger partial charge in [-0.3, -0.25) is 0 Å². The maximum absolute atomic E-state index is 6.57. The summed E-state index contributed by atoms with van der Waals surface area (Å²) in [6.45, 7) is 23.4. The fraction of sp³-hybridized carbons (Fsp3) is 0.684. The van der Waals surface area contributed by atoms with Crippen LogP contribution in [0.25, 0.3) is 0 Å². The molecule has 0 aliphatic carbocycles. The van der Waals surface area contributed by atoms with E-state index in [1.807, 2.05) is 0 Å². The lowest BCUT2D eigenvalue weighted by Crippen LogP contribution is -2.44. The second-order valence-electron chi connectivity index (χ2n) is 9.66. The molecule has 0 saturated carbocycles. The maximum Gasteiger partial charge on any atom is 0.250 e. The first-order chi connectivity index (χ1) is 10.6. The van der Waals surface area contributed by atoms with Crippen LogP contribution in [0.2, 0.25) is 36.3 Å². The van der Waals surface area contributed by atoms with Crippen molar-refractivity contribution in [3.05, 3.63) is 28.2 Å². The van der Waals surface area contributed by atoms with Crippen molar-refractivity contribution in [2.24, 2.45) is 0 Å². The Morgan fingerprint density at radius 1 is 0.875 bits per heavy atom. The van der Waals surface area contributed by atoms with Crippen LogP contribution in [0.4, 0.5) is 0 Å². The van der Waals surface area contributed by atoms with Crippen molar-refractivity contribution in [1.29, 1.82) is 0 Å². The molecular weight excluding hydrogens is 396 g/mol. The molecule has 0 unspecified atom stereocenters. The van der Waals surface area contributed by atoms with Gasteiger partial charge < -0.3 is 8.85 Å². The third-order valence-electron chi connectivity index (χ3n) is 5.60. The SMILES string of the molecule is CC(C)(C)[Si](C)(C)OCc1ccc(Br)cc1O[Si](C)(C)C(C)(C)C. The van der Waals surface area contributed by atoms with Gasteiger partial charge in [0.05, 0.1) is 6.61 Å². The Balaban J connectivity index is 3.06. The summed E-state index contributed by atoms with van der Waals surface area (Å²) >= 11 is 3.58. The molecule has 1 aromatic rings. The average Bonchev–Trinajstić information content (AvgIpc) is 2.34.